The molecular weight excluding hydrogens is 262 g/mol. The third kappa shape index (κ3) is 2.62. The second-order valence-corrected chi connectivity index (χ2v) is 7.57. The van der Waals surface area contributed by atoms with Crippen LogP contribution in [0.4, 0.5) is 0 Å². The molecule has 2 unspecified atom stereocenters. The van der Waals surface area contributed by atoms with Crippen molar-refractivity contribution >= 4 is 0 Å². The van der Waals surface area contributed by atoms with Crippen molar-refractivity contribution in [1.29, 1.82) is 0 Å². The molecule has 1 saturated carbocycles. The standard InChI is InChI=1S/C18H27NO2/c1-17(2)8-10-18(21-3,11-9-17)16(20)14-7-6-13-5-4-12-19-15(13)14/h4-5,12,14,16,20H,6-11H2,1-3H3. The Morgan fingerprint density at radius 3 is 2.67 bits per heavy atom. The van der Waals surface area contributed by atoms with Gasteiger partial charge in [-0.2, -0.15) is 0 Å². The van der Waals surface area contributed by atoms with Gasteiger partial charge in [0, 0.05) is 24.9 Å². The highest BCUT2D eigenvalue weighted by atomic mass is 16.5. The number of aliphatic hydroxyl groups excluding tert-OH is 1. The summed E-state index contributed by atoms with van der Waals surface area (Å²) < 4.78 is 5.88. The van der Waals surface area contributed by atoms with E-state index in [1.807, 2.05) is 12.3 Å². The molecule has 0 radical (unpaired) electrons. The minimum absolute atomic E-state index is 0.127. The van der Waals surface area contributed by atoms with Crippen molar-refractivity contribution in [1.82, 2.24) is 4.98 Å². The number of ether oxygens (including phenoxy) is 1. The summed E-state index contributed by atoms with van der Waals surface area (Å²) in [6, 6.07) is 4.13. The maximum atomic E-state index is 11.1. The Bertz CT molecular complexity index is 502. The average molecular weight is 289 g/mol. The summed E-state index contributed by atoms with van der Waals surface area (Å²) in [5.41, 5.74) is 2.36. The zero-order valence-electron chi connectivity index (χ0n) is 13.4. The second kappa shape index (κ2) is 5.36. The van der Waals surface area contributed by atoms with E-state index in [2.05, 4.69) is 24.9 Å². The molecule has 1 heterocycles. The summed E-state index contributed by atoms with van der Waals surface area (Å²) in [6.45, 7) is 4.62. The first-order valence-electron chi connectivity index (χ1n) is 8.14. The quantitative estimate of drug-likeness (QED) is 0.926. The van der Waals surface area contributed by atoms with E-state index >= 15 is 0 Å². The first-order valence-corrected chi connectivity index (χ1v) is 8.14. The molecule has 0 amide bonds. The Balaban J connectivity index is 1.83. The van der Waals surface area contributed by atoms with Crippen LogP contribution >= 0.6 is 0 Å². The molecular formula is C18H27NO2. The minimum atomic E-state index is -0.449. The fourth-order valence-electron chi connectivity index (χ4n) is 4.09. The van der Waals surface area contributed by atoms with Crippen molar-refractivity contribution in [2.45, 2.75) is 70.0 Å². The molecule has 116 valence electrons. The third-order valence-electron chi connectivity index (χ3n) is 5.78. The summed E-state index contributed by atoms with van der Waals surface area (Å²) >= 11 is 0. The summed E-state index contributed by atoms with van der Waals surface area (Å²) in [4.78, 5) is 4.54. The van der Waals surface area contributed by atoms with Crippen LogP contribution in [-0.2, 0) is 11.2 Å². The second-order valence-electron chi connectivity index (χ2n) is 7.57. The highest BCUT2D eigenvalue weighted by Crippen LogP contribution is 2.48. The molecule has 2 aliphatic carbocycles. The summed E-state index contributed by atoms with van der Waals surface area (Å²) in [5.74, 6) is 0.127. The number of aromatic nitrogens is 1. The molecule has 0 aromatic carbocycles. The van der Waals surface area contributed by atoms with Gasteiger partial charge in [0.05, 0.1) is 11.7 Å². The van der Waals surface area contributed by atoms with Gasteiger partial charge in [-0.3, -0.25) is 4.98 Å². The van der Waals surface area contributed by atoms with Gasteiger partial charge >= 0.3 is 0 Å². The van der Waals surface area contributed by atoms with Crippen LogP contribution in [0.25, 0.3) is 0 Å². The molecule has 0 bridgehead atoms. The van der Waals surface area contributed by atoms with Gasteiger partial charge < -0.3 is 9.84 Å². The number of nitrogens with zero attached hydrogens (tertiary/aromatic N) is 1. The number of methoxy groups -OCH3 is 1. The predicted molar refractivity (Wildman–Crippen MR) is 83.3 cm³/mol. The van der Waals surface area contributed by atoms with Crippen LogP contribution < -0.4 is 0 Å². The van der Waals surface area contributed by atoms with Gasteiger partial charge in [0.15, 0.2) is 0 Å². The summed E-state index contributed by atoms with van der Waals surface area (Å²) in [7, 11) is 1.76. The smallest absolute Gasteiger partial charge is 0.0943 e. The minimum Gasteiger partial charge on any atom is -0.389 e. The first kappa shape index (κ1) is 15.0. The highest BCUT2D eigenvalue weighted by molar-refractivity contribution is 5.30. The van der Waals surface area contributed by atoms with Crippen LogP contribution in [0, 0.1) is 5.41 Å². The van der Waals surface area contributed by atoms with Crippen molar-refractivity contribution < 1.29 is 9.84 Å². The molecule has 1 fully saturated rings. The molecule has 0 aliphatic heterocycles. The topological polar surface area (TPSA) is 42.4 Å². The van der Waals surface area contributed by atoms with E-state index < -0.39 is 6.10 Å². The van der Waals surface area contributed by atoms with Gasteiger partial charge in [-0.15, -0.1) is 0 Å². The number of rotatable bonds is 3. The fourth-order valence-corrected chi connectivity index (χ4v) is 4.09. The summed E-state index contributed by atoms with van der Waals surface area (Å²) in [6.07, 6.45) is 7.51. The molecule has 1 aromatic rings. The first-order chi connectivity index (χ1) is 9.97. The number of hydrogen-bond acceptors (Lipinski definition) is 3. The number of pyridine rings is 1. The van der Waals surface area contributed by atoms with Gasteiger partial charge in [-0.1, -0.05) is 19.9 Å². The number of aliphatic hydroxyl groups is 1. The van der Waals surface area contributed by atoms with Gasteiger partial charge in [0.1, 0.15) is 0 Å². The van der Waals surface area contributed by atoms with E-state index in [9.17, 15) is 5.11 Å². The number of aryl methyl sites for hydroxylation is 1. The molecule has 0 spiro atoms. The van der Waals surface area contributed by atoms with Crippen LogP contribution in [0.3, 0.4) is 0 Å². The molecule has 0 saturated heterocycles. The Labute approximate surface area is 127 Å². The Morgan fingerprint density at radius 2 is 2.00 bits per heavy atom. The van der Waals surface area contributed by atoms with Gasteiger partial charge in [0.2, 0.25) is 0 Å². The van der Waals surface area contributed by atoms with E-state index in [0.29, 0.717) is 5.41 Å². The zero-order valence-corrected chi connectivity index (χ0v) is 13.4. The molecule has 1 N–H and O–H groups in total. The monoisotopic (exact) mass is 289 g/mol. The molecule has 3 heteroatoms. The lowest BCUT2D eigenvalue weighted by atomic mass is 9.67. The van der Waals surface area contributed by atoms with E-state index in [0.717, 1.165) is 44.2 Å². The van der Waals surface area contributed by atoms with E-state index in [4.69, 9.17) is 4.74 Å². The molecule has 1 aromatic heterocycles. The zero-order chi connectivity index (χ0) is 15.1. The normalized spacial score (nSPS) is 28.1. The van der Waals surface area contributed by atoms with Gasteiger partial charge in [-0.05, 0) is 55.6 Å². The third-order valence-corrected chi connectivity index (χ3v) is 5.78. The van der Waals surface area contributed by atoms with E-state index in [1.54, 1.807) is 7.11 Å². The highest BCUT2D eigenvalue weighted by Gasteiger charge is 2.48. The van der Waals surface area contributed by atoms with Gasteiger partial charge in [0.25, 0.3) is 0 Å². The van der Waals surface area contributed by atoms with Crippen molar-refractivity contribution in [3.63, 3.8) is 0 Å². The molecule has 2 aliphatic rings. The maximum Gasteiger partial charge on any atom is 0.0943 e. The van der Waals surface area contributed by atoms with Crippen molar-refractivity contribution in [2.75, 3.05) is 7.11 Å². The van der Waals surface area contributed by atoms with E-state index in [1.165, 1.54) is 5.56 Å². The Kier molecular flexibility index (Phi) is 3.83. The van der Waals surface area contributed by atoms with Crippen LogP contribution in [0.1, 0.15) is 63.1 Å². The molecule has 3 rings (SSSR count). The molecule has 3 nitrogen and oxygen atoms in total. The lowest BCUT2D eigenvalue weighted by molar-refractivity contribution is -0.144. The van der Waals surface area contributed by atoms with Gasteiger partial charge in [-0.25, -0.2) is 0 Å². The lowest BCUT2D eigenvalue weighted by Gasteiger charge is -2.46. The summed E-state index contributed by atoms with van der Waals surface area (Å²) in [5, 5.41) is 11.1. The van der Waals surface area contributed by atoms with Crippen LogP contribution in [0.2, 0.25) is 0 Å². The van der Waals surface area contributed by atoms with Crippen LogP contribution in [0.5, 0.6) is 0 Å². The number of fused-ring (bicyclic) bond motifs is 1. The van der Waals surface area contributed by atoms with Crippen molar-refractivity contribution in [2.24, 2.45) is 5.41 Å². The lowest BCUT2D eigenvalue weighted by Crippen LogP contribution is -2.50. The Morgan fingerprint density at radius 1 is 1.29 bits per heavy atom. The average Bonchev–Trinajstić information content (AvgIpc) is 2.91. The van der Waals surface area contributed by atoms with Crippen molar-refractivity contribution in [3.05, 3.63) is 29.6 Å². The SMILES string of the molecule is COC1(C(O)C2CCc3cccnc32)CCC(C)(C)CC1. The van der Waals surface area contributed by atoms with Crippen LogP contribution in [0.15, 0.2) is 18.3 Å². The van der Waals surface area contributed by atoms with Crippen molar-refractivity contribution in [3.8, 4) is 0 Å². The largest absolute Gasteiger partial charge is 0.389 e. The van der Waals surface area contributed by atoms with Crippen LogP contribution in [-0.4, -0.2) is 28.9 Å². The molecule has 2 atom stereocenters. The molecule has 21 heavy (non-hydrogen) atoms. The van der Waals surface area contributed by atoms with E-state index in [-0.39, 0.29) is 11.5 Å². The Hall–Kier alpha value is -0.930. The maximum absolute atomic E-state index is 11.1. The number of hydrogen-bond donors (Lipinski definition) is 1. The fraction of sp³-hybridized carbons (Fsp3) is 0.722. The predicted octanol–water partition coefficient (Wildman–Crippen LogP) is 3.46.